The summed E-state index contributed by atoms with van der Waals surface area (Å²) in [6.45, 7) is 4.18. The van der Waals surface area contributed by atoms with Gasteiger partial charge in [0.1, 0.15) is 11.4 Å². The predicted octanol–water partition coefficient (Wildman–Crippen LogP) is 7.35. The number of aliphatic imine (C=N–C) groups is 1. The van der Waals surface area contributed by atoms with E-state index in [9.17, 15) is 18.0 Å². The lowest BCUT2D eigenvalue weighted by Gasteiger charge is -2.12. The minimum atomic E-state index is -4.77. The Morgan fingerprint density at radius 2 is 1.90 bits per heavy atom. The third-order valence-corrected chi connectivity index (χ3v) is 7.65. The number of anilines is 1. The van der Waals surface area contributed by atoms with E-state index in [4.69, 9.17) is 10.4 Å². The van der Waals surface area contributed by atoms with Crippen molar-refractivity contribution in [1.82, 2.24) is 9.38 Å². The van der Waals surface area contributed by atoms with Gasteiger partial charge < -0.3 is 10.1 Å². The molecule has 1 fully saturated rings. The molecule has 1 aromatic heterocycles. The number of alkyl halides is 3. The molecule has 1 amide bonds. The highest BCUT2D eigenvalue weighted by atomic mass is 32.2. The second kappa shape index (κ2) is 11.7. The van der Waals surface area contributed by atoms with Gasteiger partial charge in [-0.3, -0.25) is 10.2 Å². The van der Waals surface area contributed by atoms with Gasteiger partial charge >= 0.3 is 6.36 Å². The van der Waals surface area contributed by atoms with Gasteiger partial charge in [0.05, 0.1) is 22.4 Å². The molecule has 2 N–H and O–H groups in total. The number of para-hydroxylation sites is 1. The van der Waals surface area contributed by atoms with Crippen molar-refractivity contribution in [1.29, 1.82) is 5.41 Å². The van der Waals surface area contributed by atoms with Crippen molar-refractivity contribution in [3.05, 3.63) is 83.6 Å². The normalized spacial score (nSPS) is 15.0. The molecule has 1 aliphatic heterocycles. The first-order valence-corrected chi connectivity index (χ1v) is 14.1. The molecule has 0 radical (unpaired) electrons. The molecule has 13 heteroatoms. The molecule has 210 valence electrons. The third-order valence-electron chi connectivity index (χ3n) is 5.93. The number of rotatable bonds is 7. The Labute approximate surface area is 241 Å². The number of halogens is 3. The fourth-order valence-electron chi connectivity index (χ4n) is 4.01. The molecular formula is C28H23F3N6O2S2. The van der Waals surface area contributed by atoms with Gasteiger partial charge in [-0.25, -0.2) is 4.99 Å². The summed E-state index contributed by atoms with van der Waals surface area (Å²) in [4.78, 5) is 17.3. The number of hydrogen-bond donors (Lipinski definition) is 2. The van der Waals surface area contributed by atoms with E-state index in [1.165, 1.54) is 40.4 Å². The van der Waals surface area contributed by atoms with Crippen LogP contribution in [0, 0.1) is 5.41 Å². The summed E-state index contributed by atoms with van der Waals surface area (Å²) >= 11 is 2.53. The number of amidine groups is 2. The Hall–Kier alpha value is -4.23. The summed E-state index contributed by atoms with van der Waals surface area (Å²) < 4.78 is 46.2. The van der Waals surface area contributed by atoms with E-state index >= 15 is 0 Å². The maximum absolute atomic E-state index is 12.6. The standard InChI is InChI=1S/C28H23F3N6O2S2/c1-16(2)20-5-3-4-6-22(20)35-27-37(24(38)15-40-27)33-14-17-7-12-21-23(13-17)41-36-25(21)26(32)34-18-8-10-19(11-9-18)39-28(29,30)31/h3-14,16H,15H2,1-2H3,(H2,32,34)/b33-14?,35-27-. The van der Waals surface area contributed by atoms with E-state index in [1.807, 2.05) is 30.3 Å². The van der Waals surface area contributed by atoms with Gasteiger partial charge in [-0.05, 0) is 65.0 Å². The van der Waals surface area contributed by atoms with Crippen LogP contribution in [-0.2, 0) is 4.79 Å². The van der Waals surface area contributed by atoms with Gasteiger partial charge in [-0.15, -0.1) is 13.2 Å². The summed E-state index contributed by atoms with van der Waals surface area (Å²) in [7, 11) is 0. The van der Waals surface area contributed by atoms with Gasteiger partial charge in [0.15, 0.2) is 11.0 Å². The minimum absolute atomic E-state index is 0.00984. The smallest absolute Gasteiger partial charge is 0.406 e. The Bertz CT molecular complexity index is 1670. The Morgan fingerprint density at radius 3 is 2.63 bits per heavy atom. The van der Waals surface area contributed by atoms with E-state index in [0.717, 1.165) is 39.0 Å². The van der Waals surface area contributed by atoms with Gasteiger partial charge in [0.25, 0.3) is 5.91 Å². The molecule has 0 saturated carbocycles. The van der Waals surface area contributed by atoms with E-state index < -0.39 is 6.36 Å². The number of fused-ring (bicyclic) bond motifs is 1. The number of nitrogens with zero attached hydrogens (tertiary/aromatic N) is 4. The predicted molar refractivity (Wildman–Crippen MR) is 158 cm³/mol. The number of hydrazone groups is 1. The molecule has 0 aliphatic carbocycles. The van der Waals surface area contributed by atoms with Crippen molar-refractivity contribution in [2.24, 2.45) is 10.1 Å². The maximum Gasteiger partial charge on any atom is 0.573 e. The van der Waals surface area contributed by atoms with E-state index in [2.05, 4.69) is 33.4 Å². The number of aromatic nitrogens is 1. The van der Waals surface area contributed by atoms with Crippen LogP contribution >= 0.6 is 23.3 Å². The van der Waals surface area contributed by atoms with Gasteiger partial charge in [-0.1, -0.05) is 55.9 Å². The van der Waals surface area contributed by atoms with Crippen LogP contribution in [0.4, 0.5) is 24.5 Å². The third kappa shape index (κ3) is 6.74. The highest BCUT2D eigenvalue weighted by molar-refractivity contribution is 8.15. The highest BCUT2D eigenvalue weighted by Crippen LogP contribution is 2.31. The van der Waals surface area contributed by atoms with Crippen LogP contribution in [-0.4, -0.2) is 44.6 Å². The molecule has 0 unspecified atom stereocenters. The largest absolute Gasteiger partial charge is 0.573 e. The zero-order valence-corrected chi connectivity index (χ0v) is 23.4. The summed E-state index contributed by atoms with van der Waals surface area (Å²) in [6, 6.07) is 18.4. The molecule has 5 rings (SSSR count). The molecular weight excluding hydrogens is 573 g/mol. The first-order chi connectivity index (χ1) is 19.6. The summed E-state index contributed by atoms with van der Waals surface area (Å²) in [5.41, 5.74) is 3.44. The van der Waals surface area contributed by atoms with E-state index in [-0.39, 0.29) is 29.2 Å². The van der Waals surface area contributed by atoms with Crippen LogP contribution in [0.2, 0.25) is 0 Å². The van der Waals surface area contributed by atoms with Crippen LogP contribution < -0.4 is 10.1 Å². The minimum Gasteiger partial charge on any atom is -0.406 e. The van der Waals surface area contributed by atoms with Crippen molar-refractivity contribution in [3.8, 4) is 5.75 Å². The van der Waals surface area contributed by atoms with E-state index in [0.29, 0.717) is 16.5 Å². The number of nitrogens with one attached hydrogen (secondary N) is 2. The number of thioether (sulfide) groups is 1. The molecule has 0 spiro atoms. The molecule has 41 heavy (non-hydrogen) atoms. The van der Waals surface area contributed by atoms with Crippen molar-refractivity contribution < 1.29 is 22.7 Å². The fourth-order valence-corrected chi connectivity index (χ4v) is 5.65. The average Bonchev–Trinajstić information content (AvgIpc) is 3.50. The van der Waals surface area contributed by atoms with Crippen LogP contribution in [0.1, 0.15) is 36.6 Å². The van der Waals surface area contributed by atoms with Crippen LogP contribution in [0.3, 0.4) is 0 Å². The molecule has 4 aromatic rings. The zero-order valence-electron chi connectivity index (χ0n) is 21.8. The van der Waals surface area contributed by atoms with Crippen LogP contribution in [0.15, 0.2) is 76.8 Å². The molecule has 2 heterocycles. The zero-order chi connectivity index (χ0) is 29.1. The second-order valence-corrected chi connectivity index (χ2v) is 11.0. The highest BCUT2D eigenvalue weighted by Gasteiger charge is 2.31. The number of benzene rings is 3. The van der Waals surface area contributed by atoms with Crippen LogP contribution in [0.5, 0.6) is 5.75 Å². The lowest BCUT2D eigenvalue weighted by atomic mass is 10.0. The maximum atomic E-state index is 12.6. The lowest BCUT2D eigenvalue weighted by molar-refractivity contribution is -0.274. The van der Waals surface area contributed by atoms with Crippen molar-refractivity contribution >= 4 is 67.9 Å². The molecule has 0 atom stereocenters. The van der Waals surface area contributed by atoms with Gasteiger partial charge in [-0.2, -0.15) is 14.5 Å². The number of hydrogen-bond acceptors (Lipinski definition) is 8. The SMILES string of the molecule is CC(C)c1ccccc1/N=C1\SCC(=O)N1N=Cc1ccc2c(C(=N)Nc3ccc(OC(F)(F)F)cc3)nsc2c1. The van der Waals surface area contributed by atoms with Crippen LogP contribution in [0.25, 0.3) is 10.1 Å². The van der Waals surface area contributed by atoms with Crippen molar-refractivity contribution in [3.63, 3.8) is 0 Å². The number of ether oxygens (including phenoxy) is 1. The Kier molecular flexibility index (Phi) is 8.08. The summed E-state index contributed by atoms with van der Waals surface area (Å²) in [5.74, 6) is 0.0106. The summed E-state index contributed by atoms with van der Waals surface area (Å²) in [5, 5.41) is 18.2. The number of amides is 1. The first-order valence-electron chi connectivity index (χ1n) is 12.4. The number of carbonyl (C=O) groups excluding carboxylic acids is 1. The second-order valence-electron chi connectivity index (χ2n) is 9.21. The molecule has 1 aliphatic rings. The molecule has 0 bridgehead atoms. The molecule has 3 aromatic carbocycles. The first kappa shape index (κ1) is 28.3. The Balaban J connectivity index is 1.31. The quantitative estimate of drug-likeness (QED) is 0.172. The fraction of sp³-hybridized carbons (Fsp3) is 0.179. The van der Waals surface area contributed by atoms with Crippen molar-refractivity contribution in [2.75, 3.05) is 11.1 Å². The lowest BCUT2D eigenvalue weighted by Crippen LogP contribution is -2.23. The number of carbonyl (C=O) groups is 1. The topological polar surface area (TPSA) is 103 Å². The monoisotopic (exact) mass is 596 g/mol. The summed E-state index contributed by atoms with van der Waals surface area (Å²) in [6.07, 6.45) is -3.19. The van der Waals surface area contributed by atoms with Gasteiger partial charge in [0.2, 0.25) is 0 Å². The van der Waals surface area contributed by atoms with Gasteiger partial charge in [0, 0.05) is 11.1 Å². The van der Waals surface area contributed by atoms with Crippen molar-refractivity contribution in [2.45, 2.75) is 26.1 Å². The van der Waals surface area contributed by atoms with E-state index in [1.54, 1.807) is 18.3 Å². The Morgan fingerprint density at radius 1 is 1.15 bits per heavy atom. The molecule has 1 saturated heterocycles. The molecule has 8 nitrogen and oxygen atoms in total. The average molecular weight is 597 g/mol.